The van der Waals surface area contributed by atoms with Crippen LogP contribution < -0.4 is 4.90 Å². The summed E-state index contributed by atoms with van der Waals surface area (Å²) in [7, 11) is 0. The fraction of sp³-hybridized carbons (Fsp3) is 0.308. The van der Waals surface area contributed by atoms with E-state index in [2.05, 4.69) is 4.98 Å². The first-order valence-corrected chi connectivity index (χ1v) is 11.3. The number of rotatable bonds is 5. The second-order valence-electron chi connectivity index (χ2n) is 9.05. The van der Waals surface area contributed by atoms with Crippen LogP contribution >= 0.6 is 0 Å². The van der Waals surface area contributed by atoms with Gasteiger partial charge >= 0.3 is 5.97 Å². The minimum absolute atomic E-state index is 0.0571. The number of ether oxygens (including phenoxy) is 1. The fourth-order valence-electron chi connectivity index (χ4n) is 4.94. The maximum absolute atomic E-state index is 14.2. The first-order chi connectivity index (χ1) is 16.3. The van der Waals surface area contributed by atoms with Crippen molar-refractivity contribution in [3.8, 4) is 0 Å². The maximum Gasteiger partial charge on any atom is 0.354 e. The van der Waals surface area contributed by atoms with Gasteiger partial charge in [-0.3, -0.25) is 19.5 Å². The van der Waals surface area contributed by atoms with Crippen molar-refractivity contribution >= 4 is 34.4 Å². The minimum atomic E-state index is -1.56. The summed E-state index contributed by atoms with van der Waals surface area (Å²) in [6.45, 7) is 4.02. The van der Waals surface area contributed by atoms with Gasteiger partial charge in [0.15, 0.2) is 0 Å². The zero-order valence-electron chi connectivity index (χ0n) is 19.0. The van der Waals surface area contributed by atoms with Crippen LogP contribution in [0.1, 0.15) is 42.6 Å². The molecule has 1 fully saturated rings. The molecule has 1 saturated heterocycles. The third-order valence-corrected chi connectivity index (χ3v) is 6.41. The molecule has 2 aliphatic heterocycles. The van der Waals surface area contributed by atoms with E-state index in [-0.39, 0.29) is 43.7 Å². The van der Waals surface area contributed by atoms with Crippen molar-refractivity contribution in [2.75, 3.05) is 11.4 Å². The molecule has 5 rings (SSSR count). The number of aromatic nitrogens is 1. The number of benzene rings is 2. The molecule has 2 aliphatic rings. The number of anilines is 1. The Morgan fingerprint density at radius 2 is 1.94 bits per heavy atom. The maximum atomic E-state index is 14.2. The van der Waals surface area contributed by atoms with Gasteiger partial charge in [-0.1, -0.05) is 32.0 Å². The van der Waals surface area contributed by atoms with Gasteiger partial charge < -0.3 is 9.64 Å². The zero-order valence-corrected chi connectivity index (χ0v) is 19.0. The van der Waals surface area contributed by atoms with Gasteiger partial charge in [0, 0.05) is 36.5 Å². The molecule has 34 heavy (non-hydrogen) atoms. The van der Waals surface area contributed by atoms with Crippen LogP contribution in [0.4, 0.5) is 10.1 Å². The van der Waals surface area contributed by atoms with E-state index in [4.69, 9.17) is 4.74 Å². The molecule has 0 spiro atoms. The lowest BCUT2D eigenvalue weighted by Gasteiger charge is -2.48. The van der Waals surface area contributed by atoms with Crippen LogP contribution in [0.5, 0.6) is 0 Å². The highest BCUT2D eigenvalue weighted by Gasteiger charge is 2.61. The van der Waals surface area contributed by atoms with Crippen molar-refractivity contribution in [1.82, 2.24) is 9.88 Å². The molecule has 2 aromatic carbocycles. The lowest BCUT2D eigenvalue weighted by molar-refractivity contribution is -0.158. The molecule has 0 bridgehead atoms. The Hall–Kier alpha value is -3.81. The molecule has 1 aromatic heterocycles. The largest absolute Gasteiger partial charge is 0.458 e. The third kappa shape index (κ3) is 3.24. The molecule has 1 unspecified atom stereocenters. The summed E-state index contributed by atoms with van der Waals surface area (Å²) in [5, 5.41) is 0.329. The number of nitrogens with zero attached hydrogens (tertiary/aromatic N) is 3. The standard InChI is InChI=1S/C26H24FN3O4/c1-16(2)14-29-24(32)19-6-3-4-8-21(19)30-22(31)11-12-26(29,30)25(33)34-15-17-9-10-20(27)18-7-5-13-28-23(17)18/h3-10,13,16H,11-12,14-15H2,1-2H3. The van der Waals surface area contributed by atoms with Gasteiger partial charge in [0.2, 0.25) is 11.6 Å². The number of pyridine rings is 1. The van der Waals surface area contributed by atoms with Crippen molar-refractivity contribution in [2.24, 2.45) is 5.92 Å². The molecule has 3 heterocycles. The number of fused-ring (bicyclic) bond motifs is 4. The van der Waals surface area contributed by atoms with E-state index >= 15 is 0 Å². The molecule has 7 nitrogen and oxygen atoms in total. The summed E-state index contributed by atoms with van der Waals surface area (Å²) in [6, 6.07) is 12.9. The molecule has 0 N–H and O–H groups in total. The molecule has 8 heteroatoms. The highest BCUT2D eigenvalue weighted by molar-refractivity contribution is 6.15. The van der Waals surface area contributed by atoms with E-state index in [1.807, 2.05) is 13.8 Å². The minimum Gasteiger partial charge on any atom is -0.458 e. The zero-order chi connectivity index (χ0) is 24.0. The van der Waals surface area contributed by atoms with Crippen LogP contribution in [0.25, 0.3) is 10.9 Å². The van der Waals surface area contributed by atoms with E-state index in [1.165, 1.54) is 21.9 Å². The first-order valence-electron chi connectivity index (χ1n) is 11.3. The Kier molecular flexibility index (Phi) is 5.31. The van der Waals surface area contributed by atoms with Gasteiger partial charge in [-0.2, -0.15) is 0 Å². The first kappa shape index (κ1) is 22.0. The summed E-state index contributed by atoms with van der Waals surface area (Å²) in [5.41, 5.74) is 0.180. The number of carbonyl (C=O) groups excluding carboxylic acids is 3. The van der Waals surface area contributed by atoms with Crippen LogP contribution in [0, 0.1) is 11.7 Å². The van der Waals surface area contributed by atoms with E-state index in [1.54, 1.807) is 42.6 Å². The summed E-state index contributed by atoms with van der Waals surface area (Å²) in [4.78, 5) is 47.5. The van der Waals surface area contributed by atoms with Crippen molar-refractivity contribution in [3.05, 3.63) is 71.7 Å². The average molecular weight is 461 g/mol. The van der Waals surface area contributed by atoms with Crippen LogP contribution in [-0.4, -0.2) is 39.9 Å². The molecule has 1 atom stereocenters. The molecule has 0 radical (unpaired) electrons. The number of hydrogen-bond donors (Lipinski definition) is 0. The SMILES string of the molecule is CC(C)CN1C(=O)c2ccccc2N2C(=O)CCC12C(=O)OCc1ccc(F)c2cccnc12. The summed E-state index contributed by atoms with van der Waals surface area (Å²) < 4.78 is 19.9. The lowest BCUT2D eigenvalue weighted by atomic mass is 9.95. The molecular formula is C26H24FN3O4. The number of hydrogen-bond acceptors (Lipinski definition) is 5. The van der Waals surface area contributed by atoms with Gasteiger partial charge in [-0.05, 0) is 36.2 Å². The van der Waals surface area contributed by atoms with Crippen molar-refractivity contribution in [2.45, 2.75) is 39.0 Å². The number of carbonyl (C=O) groups is 3. The second-order valence-corrected chi connectivity index (χ2v) is 9.05. The van der Waals surface area contributed by atoms with Crippen LogP contribution in [-0.2, 0) is 20.9 Å². The fourth-order valence-corrected chi connectivity index (χ4v) is 4.94. The quantitative estimate of drug-likeness (QED) is 0.536. The van der Waals surface area contributed by atoms with Crippen molar-refractivity contribution in [1.29, 1.82) is 0 Å². The van der Waals surface area contributed by atoms with E-state index < -0.39 is 17.4 Å². The molecule has 2 amide bonds. The van der Waals surface area contributed by atoms with Crippen LogP contribution in [0.15, 0.2) is 54.7 Å². The topological polar surface area (TPSA) is 79.8 Å². The Bertz CT molecular complexity index is 1320. The Morgan fingerprint density at radius 1 is 1.15 bits per heavy atom. The van der Waals surface area contributed by atoms with Crippen molar-refractivity contribution < 1.29 is 23.5 Å². The summed E-state index contributed by atoms with van der Waals surface area (Å²) >= 11 is 0. The Labute approximate surface area is 196 Å². The number of halogens is 1. The van der Waals surface area contributed by atoms with Crippen molar-refractivity contribution in [3.63, 3.8) is 0 Å². The number of esters is 1. The van der Waals surface area contributed by atoms with Gasteiger partial charge in [0.25, 0.3) is 5.91 Å². The number of para-hydroxylation sites is 1. The molecule has 0 aliphatic carbocycles. The van der Waals surface area contributed by atoms with Gasteiger partial charge in [-0.25, -0.2) is 9.18 Å². The lowest BCUT2D eigenvalue weighted by Crippen LogP contribution is -2.69. The van der Waals surface area contributed by atoms with Gasteiger partial charge in [-0.15, -0.1) is 0 Å². The van der Waals surface area contributed by atoms with Crippen LogP contribution in [0.2, 0.25) is 0 Å². The molecular weight excluding hydrogens is 437 g/mol. The molecule has 0 saturated carbocycles. The summed E-state index contributed by atoms with van der Waals surface area (Å²) in [6.07, 6.45) is 1.80. The predicted molar refractivity (Wildman–Crippen MR) is 123 cm³/mol. The number of amides is 2. The van der Waals surface area contributed by atoms with Gasteiger partial charge in [0.05, 0.1) is 16.8 Å². The summed E-state index contributed by atoms with van der Waals surface area (Å²) in [5.74, 6) is -1.58. The smallest absolute Gasteiger partial charge is 0.354 e. The Morgan fingerprint density at radius 3 is 2.74 bits per heavy atom. The second kappa shape index (κ2) is 8.20. The van der Waals surface area contributed by atoms with Gasteiger partial charge in [0.1, 0.15) is 12.4 Å². The molecule has 174 valence electrons. The van der Waals surface area contributed by atoms with E-state index in [9.17, 15) is 18.8 Å². The van der Waals surface area contributed by atoms with E-state index in [0.29, 0.717) is 27.7 Å². The Balaban J connectivity index is 1.55. The van der Waals surface area contributed by atoms with E-state index in [0.717, 1.165) is 0 Å². The monoisotopic (exact) mass is 461 g/mol. The van der Waals surface area contributed by atoms with Crippen LogP contribution in [0.3, 0.4) is 0 Å². The highest BCUT2D eigenvalue weighted by atomic mass is 19.1. The molecule has 3 aromatic rings. The highest BCUT2D eigenvalue weighted by Crippen LogP contribution is 2.45. The predicted octanol–water partition coefficient (Wildman–Crippen LogP) is 4.05. The third-order valence-electron chi connectivity index (χ3n) is 6.41. The average Bonchev–Trinajstić information content (AvgIpc) is 3.19. The normalized spacial score (nSPS) is 19.5.